The van der Waals surface area contributed by atoms with Gasteiger partial charge in [-0.3, -0.25) is 4.48 Å². The lowest BCUT2D eigenvalue weighted by Crippen LogP contribution is -3.00. The van der Waals surface area contributed by atoms with Crippen LogP contribution in [0.15, 0.2) is 12.2 Å². The zero-order chi connectivity index (χ0) is 20.2. The third-order valence-electron chi connectivity index (χ3n) is 5.44. The van der Waals surface area contributed by atoms with Crippen molar-refractivity contribution in [2.24, 2.45) is 0 Å². The fourth-order valence-corrected chi connectivity index (χ4v) is 3.42. The minimum absolute atomic E-state index is 0. The van der Waals surface area contributed by atoms with Crippen LogP contribution in [0.3, 0.4) is 0 Å². The third kappa shape index (κ3) is 16.5. The Balaban J connectivity index is 0. The fourth-order valence-electron chi connectivity index (χ4n) is 3.42. The Bertz CT molecular complexity index is 369. The number of hydrogen-bond donors (Lipinski definition) is 2. The van der Waals surface area contributed by atoms with Crippen LogP contribution in [-0.2, 0) is 4.79 Å². The maximum atomic E-state index is 12.3. The van der Waals surface area contributed by atoms with Gasteiger partial charge >= 0.3 is 5.91 Å². The highest BCUT2D eigenvalue weighted by molar-refractivity contribution is 5.68. The van der Waals surface area contributed by atoms with Crippen molar-refractivity contribution in [1.82, 2.24) is 0 Å². The van der Waals surface area contributed by atoms with Crippen molar-refractivity contribution >= 4 is 5.91 Å². The summed E-state index contributed by atoms with van der Waals surface area (Å²) in [6.45, 7) is 3.01. The zero-order valence-electron chi connectivity index (χ0n) is 18.5. The molecule has 0 rings (SSSR count). The lowest BCUT2D eigenvalue weighted by Gasteiger charge is -2.30. The van der Waals surface area contributed by atoms with Gasteiger partial charge in [0, 0.05) is 0 Å². The van der Waals surface area contributed by atoms with E-state index in [1.807, 2.05) is 7.05 Å². The number of halogens is 1. The molecule has 0 heterocycles. The molecule has 0 fully saturated rings. The van der Waals surface area contributed by atoms with E-state index in [0.29, 0.717) is 19.5 Å². The van der Waals surface area contributed by atoms with Crippen LogP contribution >= 0.6 is 0 Å². The summed E-state index contributed by atoms with van der Waals surface area (Å²) < 4.78 is 0.149. The molecule has 0 aliphatic carbocycles. The predicted molar refractivity (Wildman–Crippen MR) is 115 cm³/mol. The van der Waals surface area contributed by atoms with Gasteiger partial charge in [-0.15, -0.1) is 0 Å². The van der Waals surface area contributed by atoms with E-state index in [9.17, 15) is 4.79 Å². The number of likely N-dealkylation sites (N-methyl/N-ethyl adjacent to an activating group) is 1. The van der Waals surface area contributed by atoms with Crippen molar-refractivity contribution in [3.63, 3.8) is 0 Å². The topological polar surface area (TPSA) is 57.5 Å². The van der Waals surface area contributed by atoms with Gasteiger partial charge in [0.2, 0.25) is 0 Å². The molecule has 0 aromatic carbocycles. The highest BCUT2D eigenvalue weighted by Crippen LogP contribution is 2.13. The molecule has 28 heavy (non-hydrogen) atoms. The molecule has 0 aromatic rings. The molecule has 4 nitrogen and oxygen atoms in total. The number of quaternary nitrogens is 1. The number of rotatable bonds is 19. The first-order valence-electron chi connectivity index (χ1n) is 11.4. The van der Waals surface area contributed by atoms with E-state index in [0.717, 1.165) is 12.8 Å². The second-order valence-corrected chi connectivity index (χ2v) is 8.02. The minimum atomic E-state index is -0.0192. The molecule has 0 saturated carbocycles. The lowest BCUT2D eigenvalue weighted by atomic mass is 10.1. The van der Waals surface area contributed by atoms with Gasteiger partial charge in [0.1, 0.15) is 13.1 Å². The maximum absolute atomic E-state index is 12.3. The standard InChI is InChI=1S/C23H46NO3.ClH/c1-3-4-5-6-7-8-9-10-11-12-13-14-15-16-17-18-23(27)24(2,19-21-25)20-22-26;/h10-11,25-26H,3-9,12-22H2,1-2H3;1H/q+1;/p-1. The zero-order valence-corrected chi connectivity index (χ0v) is 19.3. The van der Waals surface area contributed by atoms with Crippen molar-refractivity contribution in [2.75, 3.05) is 33.4 Å². The molecule has 0 atom stereocenters. The Morgan fingerprint density at radius 2 is 1.18 bits per heavy atom. The van der Waals surface area contributed by atoms with Gasteiger partial charge in [0.15, 0.2) is 0 Å². The Morgan fingerprint density at radius 1 is 0.750 bits per heavy atom. The number of unbranched alkanes of at least 4 members (excludes halogenated alkanes) is 11. The van der Waals surface area contributed by atoms with E-state index in [1.54, 1.807) is 0 Å². The number of nitrogens with zero attached hydrogens (tertiary/aromatic N) is 1. The number of aliphatic hydroxyl groups excluding tert-OH is 2. The van der Waals surface area contributed by atoms with E-state index in [-0.39, 0.29) is 36.0 Å². The predicted octanol–water partition coefficient (Wildman–Crippen LogP) is 1.99. The van der Waals surface area contributed by atoms with Crippen LogP contribution < -0.4 is 12.4 Å². The number of hydrogen-bond acceptors (Lipinski definition) is 3. The first kappa shape index (κ1) is 29.8. The van der Waals surface area contributed by atoms with Crippen molar-refractivity contribution in [1.29, 1.82) is 0 Å². The van der Waals surface area contributed by atoms with E-state index in [1.165, 1.54) is 70.6 Å². The van der Waals surface area contributed by atoms with Crippen LogP contribution in [-0.4, -0.2) is 54.0 Å². The van der Waals surface area contributed by atoms with Crippen molar-refractivity contribution in [3.8, 4) is 0 Å². The normalized spacial score (nSPS) is 11.7. The smallest absolute Gasteiger partial charge is 0.313 e. The highest BCUT2D eigenvalue weighted by atomic mass is 35.5. The van der Waals surface area contributed by atoms with Gasteiger partial charge in [0.05, 0.1) is 26.7 Å². The van der Waals surface area contributed by atoms with Gasteiger partial charge in [-0.25, -0.2) is 4.79 Å². The van der Waals surface area contributed by atoms with Gasteiger partial charge in [-0.1, -0.05) is 70.4 Å². The summed E-state index contributed by atoms with van der Waals surface area (Å²) in [6.07, 6.45) is 21.5. The minimum Gasteiger partial charge on any atom is -1.00 e. The molecule has 0 radical (unpaired) electrons. The van der Waals surface area contributed by atoms with Crippen LogP contribution in [0.2, 0.25) is 0 Å². The van der Waals surface area contributed by atoms with Crippen molar-refractivity contribution < 1.29 is 31.9 Å². The maximum Gasteiger partial charge on any atom is 0.313 e. The number of allylic oxidation sites excluding steroid dienone is 2. The molecular weight excluding hydrogens is 374 g/mol. The van der Waals surface area contributed by atoms with Crippen molar-refractivity contribution in [2.45, 2.75) is 96.8 Å². The first-order chi connectivity index (χ1) is 13.1. The average molecular weight is 420 g/mol. The number of aliphatic hydroxyl groups is 2. The second-order valence-electron chi connectivity index (χ2n) is 8.02. The largest absolute Gasteiger partial charge is 1.00 e. The Labute approximate surface area is 180 Å². The molecule has 168 valence electrons. The van der Waals surface area contributed by atoms with E-state index < -0.39 is 0 Å². The third-order valence-corrected chi connectivity index (χ3v) is 5.44. The molecule has 0 aliphatic rings. The van der Waals surface area contributed by atoms with E-state index in [4.69, 9.17) is 10.2 Å². The molecular formula is C23H46ClNO3. The van der Waals surface area contributed by atoms with Gasteiger partial charge in [-0.05, 0) is 32.1 Å². The van der Waals surface area contributed by atoms with Crippen LogP contribution in [0, 0.1) is 0 Å². The summed E-state index contributed by atoms with van der Waals surface area (Å²) in [5.74, 6) is 0.135. The first-order valence-corrected chi connectivity index (χ1v) is 11.4. The monoisotopic (exact) mass is 419 g/mol. The number of carbonyl (C=O) groups is 1. The summed E-state index contributed by atoms with van der Waals surface area (Å²) in [6, 6.07) is 0. The van der Waals surface area contributed by atoms with E-state index >= 15 is 0 Å². The number of carbonyl (C=O) groups excluding carboxylic acids is 1. The Morgan fingerprint density at radius 3 is 1.64 bits per heavy atom. The van der Waals surface area contributed by atoms with Gasteiger partial charge in [0.25, 0.3) is 0 Å². The average Bonchev–Trinajstić information content (AvgIpc) is 2.65. The van der Waals surface area contributed by atoms with E-state index in [2.05, 4.69) is 19.1 Å². The number of amides is 1. The fraction of sp³-hybridized carbons (Fsp3) is 0.870. The summed E-state index contributed by atoms with van der Waals surface area (Å²) in [5.41, 5.74) is 0. The van der Waals surface area contributed by atoms with Crippen molar-refractivity contribution in [3.05, 3.63) is 12.2 Å². The Hall–Kier alpha value is -0.420. The van der Waals surface area contributed by atoms with Gasteiger partial charge in [-0.2, -0.15) is 0 Å². The summed E-state index contributed by atoms with van der Waals surface area (Å²) >= 11 is 0. The molecule has 0 aliphatic heterocycles. The molecule has 0 saturated heterocycles. The quantitative estimate of drug-likeness (QED) is 0.191. The molecule has 0 spiro atoms. The molecule has 0 bridgehead atoms. The van der Waals surface area contributed by atoms with Crippen LogP contribution in [0.25, 0.3) is 0 Å². The second kappa shape index (κ2) is 21.3. The SMILES string of the molecule is CCCCCCCCC=CCCCCCCCC(=O)[N+](C)(CCO)CCO.[Cl-]. The highest BCUT2D eigenvalue weighted by Gasteiger charge is 2.29. The summed E-state index contributed by atoms with van der Waals surface area (Å²) in [5, 5.41) is 18.3. The lowest BCUT2D eigenvalue weighted by molar-refractivity contribution is -0.835. The molecule has 5 heteroatoms. The van der Waals surface area contributed by atoms with Crippen LogP contribution in [0.5, 0.6) is 0 Å². The molecule has 1 amide bonds. The molecule has 2 N–H and O–H groups in total. The summed E-state index contributed by atoms with van der Waals surface area (Å²) in [7, 11) is 1.81. The van der Waals surface area contributed by atoms with Crippen LogP contribution in [0.1, 0.15) is 96.8 Å². The molecule has 0 aromatic heterocycles. The molecule has 0 unspecified atom stereocenters. The van der Waals surface area contributed by atoms with Gasteiger partial charge < -0.3 is 22.6 Å². The summed E-state index contributed by atoms with van der Waals surface area (Å²) in [4.78, 5) is 12.3. The van der Waals surface area contributed by atoms with Crippen LogP contribution in [0.4, 0.5) is 0 Å². The Kier molecular flexibility index (Phi) is 22.6.